The summed E-state index contributed by atoms with van der Waals surface area (Å²) in [6.45, 7) is 0. The lowest BCUT2D eigenvalue weighted by atomic mass is 9.30. The Hall–Kier alpha value is -5.15. The van der Waals surface area contributed by atoms with Crippen LogP contribution in [0.15, 0.2) is 133 Å². The smallest absolute Gasteiger partial charge is 0.164 e. The SMILES string of the molecule is c1ccc(-c2nc(-c3ccc(-c4cc5ccccc5c5ccccc45)cc3)nc(-c3ccc(C45CC6CC7C8CC(CC74)CC5C8C6)cc3)n2)cc1. The summed E-state index contributed by atoms with van der Waals surface area (Å²) in [5.41, 5.74) is 7.50. The molecule has 3 nitrogen and oxygen atoms in total. The molecule has 252 valence electrons. The van der Waals surface area contributed by atoms with Crippen LogP contribution in [0.4, 0.5) is 0 Å². The molecule has 0 N–H and O–H groups in total. The molecule has 7 fully saturated rings. The lowest BCUT2D eigenvalue weighted by molar-refractivity contribution is -0.220. The Morgan fingerprint density at radius 3 is 1.62 bits per heavy atom. The molecular formula is C49H41N3. The molecule has 0 spiro atoms. The fourth-order valence-corrected chi connectivity index (χ4v) is 12.9. The largest absolute Gasteiger partial charge is 0.208 e. The van der Waals surface area contributed by atoms with E-state index in [1.54, 1.807) is 12.0 Å². The first kappa shape index (κ1) is 29.4. The standard InChI is InChI=1S/C49H41N3/c1-2-8-32(9-3-1)46-50-47(33-16-14-31(15-17-33)40-27-35-10-4-5-11-37(35)38-12-6-7-13-39(38)40)52-48(51-46)34-18-20-36(21-19-34)49-28-30-23-42-41-22-29(25-44(42)49)26-45(49)43(41)24-30/h1-21,27,29-30,41-45H,22-26,28H2. The van der Waals surface area contributed by atoms with E-state index in [0.717, 1.165) is 63.9 Å². The molecular weight excluding hydrogens is 631 g/mol. The molecule has 0 saturated heterocycles. The highest BCUT2D eigenvalue weighted by molar-refractivity contribution is 6.13. The quantitative estimate of drug-likeness (QED) is 0.171. The number of rotatable bonds is 5. The summed E-state index contributed by atoms with van der Waals surface area (Å²) in [6.07, 6.45) is 8.95. The van der Waals surface area contributed by atoms with Crippen LogP contribution < -0.4 is 0 Å². The Balaban J connectivity index is 0.931. The maximum absolute atomic E-state index is 5.17. The minimum Gasteiger partial charge on any atom is -0.208 e. The van der Waals surface area contributed by atoms with Gasteiger partial charge in [-0.05, 0) is 124 Å². The van der Waals surface area contributed by atoms with Crippen LogP contribution in [0.25, 0.3) is 66.8 Å². The van der Waals surface area contributed by atoms with Crippen molar-refractivity contribution in [1.82, 2.24) is 15.0 Å². The van der Waals surface area contributed by atoms with Gasteiger partial charge in [-0.3, -0.25) is 0 Å². The van der Waals surface area contributed by atoms with E-state index in [1.165, 1.54) is 64.8 Å². The van der Waals surface area contributed by atoms with Gasteiger partial charge in [-0.15, -0.1) is 0 Å². The molecule has 7 aliphatic carbocycles. The minimum atomic E-state index is 0.403. The van der Waals surface area contributed by atoms with Crippen molar-refractivity contribution in [2.45, 2.75) is 43.9 Å². The Morgan fingerprint density at radius 1 is 0.423 bits per heavy atom. The average molecular weight is 672 g/mol. The third kappa shape index (κ3) is 4.17. The van der Waals surface area contributed by atoms with Gasteiger partial charge in [0, 0.05) is 22.1 Å². The Labute approximate surface area is 305 Å². The first-order chi connectivity index (χ1) is 25.7. The van der Waals surface area contributed by atoms with Gasteiger partial charge >= 0.3 is 0 Å². The molecule has 52 heavy (non-hydrogen) atoms. The lowest BCUT2D eigenvalue weighted by Gasteiger charge is -2.74. The van der Waals surface area contributed by atoms with Crippen LogP contribution in [0.1, 0.15) is 44.1 Å². The monoisotopic (exact) mass is 671 g/mol. The molecule has 7 aromatic rings. The van der Waals surface area contributed by atoms with Crippen molar-refractivity contribution in [3.63, 3.8) is 0 Å². The van der Waals surface area contributed by atoms with E-state index in [9.17, 15) is 0 Å². The summed E-state index contributed by atoms with van der Waals surface area (Å²) in [7, 11) is 0. The molecule has 7 saturated carbocycles. The van der Waals surface area contributed by atoms with Crippen molar-refractivity contribution in [1.29, 1.82) is 0 Å². The van der Waals surface area contributed by atoms with Crippen LogP contribution in [0.3, 0.4) is 0 Å². The van der Waals surface area contributed by atoms with Crippen molar-refractivity contribution in [3.8, 4) is 45.3 Å². The zero-order valence-corrected chi connectivity index (χ0v) is 29.3. The summed E-state index contributed by atoms with van der Waals surface area (Å²) in [6, 6.07) is 48.5. The second-order valence-electron chi connectivity index (χ2n) is 16.9. The van der Waals surface area contributed by atoms with Crippen LogP contribution in [-0.2, 0) is 5.41 Å². The fraction of sp³-hybridized carbons (Fsp3) is 0.286. The van der Waals surface area contributed by atoms with Crippen molar-refractivity contribution in [3.05, 3.63) is 139 Å². The third-order valence-electron chi connectivity index (χ3n) is 14.6. The topological polar surface area (TPSA) is 38.7 Å². The number of hydrogen-bond acceptors (Lipinski definition) is 3. The molecule has 0 amide bonds. The van der Waals surface area contributed by atoms with E-state index in [0.29, 0.717) is 17.1 Å². The van der Waals surface area contributed by atoms with Gasteiger partial charge in [0.05, 0.1) is 0 Å². The highest BCUT2D eigenvalue weighted by atomic mass is 15.0. The predicted molar refractivity (Wildman–Crippen MR) is 210 cm³/mol. The Bertz CT molecular complexity index is 2500. The average Bonchev–Trinajstić information content (AvgIpc) is 3.22. The molecule has 0 radical (unpaired) electrons. The van der Waals surface area contributed by atoms with Gasteiger partial charge < -0.3 is 0 Å². The van der Waals surface area contributed by atoms with E-state index >= 15 is 0 Å². The van der Waals surface area contributed by atoms with Crippen LogP contribution in [-0.4, -0.2) is 15.0 Å². The summed E-state index contributed by atoms with van der Waals surface area (Å²) in [4.78, 5) is 15.3. The van der Waals surface area contributed by atoms with Crippen LogP contribution >= 0.6 is 0 Å². The fourth-order valence-electron chi connectivity index (χ4n) is 12.9. The van der Waals surface area contributed by atoms with Gasteiger partial charge in [0.1, 0.15) is 0 Å². The molecule has 1 aromatic heterocycles. The van der Waals surface area contributed by atoms with Gasteiger partial charge in [-0.1, -0.05) is 127 Å². The van der Waals surface area contributed by atoms with Gasteiger partial charge in [0.15, 0.2) is 17.5 Å². The molecule has 3 heteroatoms. The Morgan fingerprint density at radius 2 is 0.942 bits per heavy atom. The zero-order valence-electron chi connectivity index (χ0n) is 29.3. The highest BCUT2D eigenvalue weighted by Crippen LogP contribution is 2.76. The lowest BCUT2D eigenvalue weighted by Crippen LogP contribution is -2.69. The number of hydrogen-bond donors (Lipinski definition) is 0. The molecule has 4 unspecified atom stereocenters. The molecule has 4 atom stereocenters. The number of nitrogens with zero attached hydrogens (tertiary/aromatic N) is 3. The van der Waals surface area contributed by atoms with Gasteiger partial charge in [0.2, 0.25) is 0 Å². The van der Waals surface area contributed by atoms with Crippen molar-refractivity contribution < 1.29 is 0 Å². The first-order valence-electron chi connectivity index (χ1n) is 19.6. The minimum absolute atomic E-state index is 0.403. The molecule has 0 aliphatic heterocycles. The normalized spacial score (nSPS) is 29.3. The maximum atomic E-state index is 5.17. The van der Waals surface area contributed by atoms with E-state index in [4.69, 9.17) is 15.0 Å². The number of fused-ring (bicyclic) bond motifs is 3. The van der Waals surface area contributed by atoms with Crippen LogP contribution in [0, 0.1) is 41.4 Å². The predicted octanol–water partition coefficient (Wildman–Crippen LogP) is 11.8. The summed E-state index contributed by atoms with van der Waals surface area (Å²) in [5, 5.41) is 5.09. The second kappa shape index (κ2) is 10.9. The zero-order chi connectivity index (χ0) is 34.0. The molecule has 7 aliphatic rings. The summed E-state index contributed by atoms with van der Waals surface area (Å²) in [5.74, 6) is 8.90. The molecule has 8 bridgehead atoms. The van der Waals surface area contributed by atoms with Gasteiger partial charge in [-0.25, -0.2) is 15.0 Å². The van der Waals surface area contributed by atoms with E-state index in [-0.39, 0.29) is 0 Å². The summed E-state index contributed by atoms with van der Waals surface area (Å²) >= 11 is 0. The number of aromatic nitrogens is 3. The van der Waals surface area contributed by atoms with E-state index in [1.807, 2.05) is 6.07 Å². The third-order valence-corrected chi connectivity index (χ3v) is 14.6. The molecule has 1 heterocycles. The van der Waals surface area contributed by atoms with E-state index < -0.39 is 0 Å². The molecule has 6 aromatic carbocycles. The van der Waals surface area contributed by atoms with Crippen molar-refractivity contribution in [2.24, 2.45) is 41.4 Å². The summed E-state index contributed by atoms with van der Waals surface area (Å²) < 4.78 is 0. The first-order valence-corrected chi connectivity index (χ1v) is 19.6. The highest BCUT2D eigenvalue weighted by Gasteiger charge is 2.70. The van der Waals surface area contributed by atoms with E-state index in [2.05, 4.69) is 127 Å². The molecule has 14 rings (SSSR count). The van der Waals surface area contributed by atoms with Crippen molar-refractivity contribution in [2.75, 3.05) is 0 Å². The number of benzene rings is 6. The van der Waals surface area contributed by atoms with Gasteiger partial charge in [0.25, 0.3) is 0 Å². The van der Waals surface area contributed by atoms with Crippen LogP contribution in [0.5, 0.6) is 0 Å². The Kier molecular flexibility index (Phi) is 6.19. The van der Waals surface area contributed by atoms with Crippen molar-refractivity contribution >= 4 is 21.5 Å². The second-order valence-corrected chi connectivity index (χ2v) is 16.9. The maximum Gasteiger partial charge on any atom is 0.164 e. The van der Waals surface area contributed by atoms with Gasteiger partial charge in [-0.2, -0.15) is 0 Å². The van der Waals surface area contributed by atoms with Crippen LogP contribution in [0.2, 0.25) is 0 Å².